The molecule has 0 aliphatic carbocycles. The Balaban J connectivity index is 0. The predicted molar refractivity (Wildman–Crippen MR) is 195 cm³/mol. The van der Waals surface area contributed by atoms with E-state index in [1.54, 1.807) is 7.11 Å². The van der Waals surface area contributed by atoms with Crippen LogP contribution in [-0.2, 0) is 14.3 Å². The molecule has 1 amide bonds. The number of ether oxygens (including phenoxy) is 4. The quantitative estimate of drug-likeness (QED) is 0.0882. The fraction of sp³-hybridized carbons (Fsp3) is 0.438. The number of halogens is 7. The molecule has 0 spiro atoms. The number of fused-ring (bicyclic) bond motifs is 2. The summed E-state index contributed by atoms with van der Waals surface area (Å²) in [5, 5.41) is 2.18. The Labute approximate surface area is 325 Å². The Morgan fingerprint density at radius 1 is 0.736 bits per heavy atom. The van der Waals surface area contributed by atoms with Crippen molar-refractivity contribution in [2.45, 2.75) is 58.9 Å². The zero-order chi connectivity index (χ0) is 39.4. The number of aromatic amines is 2. The molecule has 2 heterocycles. The van der Waals surface area contributed by atoms with Crippen LogP contribution >= 0.6 is 12.4 Å². The summed E-state index contributed by atoms with van der Waals surface area (Å²) in [7, 11) is 3.43. The number of nitrogens with one attached hydrogen (secondary N) is 2. The maximum Gasteiger partial charge on any atom is 1.00 e. The molecule has 4 rings (SSSR count). The van der Waals surface area contributed by atoms with Crippen LogP contribution in [0.15, 0.2) is 48.5 Å². The van der Waals surface area contributed by atoms with E-state index in [2.05, 4.69) is 68.2 Å². The number of hydrogen-bond acceptors (Lipinski definition) is 7. The standard InChI is InChI=1S/C12H11F3N2O3.C11H8F3NO3.C6H18NSi2.C3H8O.ClH.Li/c1-17(19-2)11(18)10-5-7-3-4-8(6-9(7)16-10)20-12(13,14)15;1-17-10(16)9-4-6-2-3-7(5-8(6)15-9)18-11(12,13)14;1-8(2,3)7-9(4,5)6;1-3-4-2;;/h3-6,16H,1-2H3;2-5,15H,1H3;1-6H3;3H2,1-2H3;1H;/q;;-1;;;+1. The number of carbonyl (C=O) groups is 2. The molecule has 0 radical (unpaired) electrons. The van der Waals surface area contributed by atoms with Gasteiger partial charge >= 0.3 is 37.6 Å². The van der Waals surface area contributed by atoms with Crippen molar-refractivity contribution in [3.8, 4) is 11.5 Å². The molecule has 0 fully saturated rings. The number of hydroxylamine groups is 2. The molecule has 4 aromatic rings. The van der Waals surface area contributed by atoms with Crippen molar-refractivity contribution < 1.29 is 78.6 Å². The normalized spacial score (nSPS) is 11.3. The van der Waals surface area contributed by atoms with E-state index in [0.29, 0.717) is 21.8 Å². The first-order valence-electron chi connectivity index (χ1n) is 15.2. The number of methoxy groups -OCH3 is 2. The summed E-state index contributed by atoms with van der Waals surface area (Å²) in [6.45, 7) is 16.6. The van der Waals surface area contributed by atoms with Gasteiger partial charge in [-0.1, -0.05) is 55.8 Å². The second kappa shape index (κ2) is 22.3. The molecule has 0 unspecified atom stereocenters. The van der Waals surface area contributed by atoms with E-state index in [-0.39, 0.29) is 54.2 Å². The first-order valence-corrected chi connectivity index (χ1v) is 22.1. The molecular weight excluding hydrogens is 765 g/mol. The molecule has 21 heteroatoms. The smallest absolute Gasteiger partial charge is 0.668 e. The molecule has 0 atom stereocenters. The van der Waals surface area contributed by atoms with Gasteiger partial charge in [0, 0.05) is 54.7 Å². The van der Waals surface area contributed by atoms with Crippen molar-refractivity contribution in [2.75, 3.05) is 35.0 Å². The fourth-order valence-corrected chi connectivity index (χ4v) is 12.3. The van der Waals surface area contributed by atoms with Gasteiger partial charge in [0.1, 0.15) is 22.9 Å². The number of H-pyrrole nitrogens is 2. The Bertz CT molecular complexity index is 1700. The molecule has 53 heavy (non-hydrogen) atoms. The fourth-order valence-electron chi connectivity index (χ4n) is 4.20. The average Bonchev–Trinajstić information content (AvgIpc) is 3.61. The maximum absolute atomic E-state index is 12.1. The van der Waals surface area contributed by atoms with E-state index >= 15 is 0 Å². The molecular formula is C32H46ClF6LiN4O7Si2. The number of alkyl halides is 6. The summed E-state index contributed by atoms with van der Waals surface area (Å²) >= 11 is 0. The van der Waals surface area contributed by atoms with Gasteiger partial charge in [0.05, 0.1) is 14.2 Å². The predicted octanol–water partition coefficient (Wildman–Crippen LogP) is 6.66. The van der Waals surface area contributed by atoms with Crippen LogP contribution in [0.25, 0.3) is 26.5 Å². The molecule has 0 saturated heterocycles. The number of amides is 1. The zero-order valence-electron chi connectivity index (χ0n) is 31.8. The zero-order valence-corrected chi connectivity index (χ0v) is 34.6. The Morgan fingerprint density at radius 2 is 1.11 bits per heavy atom. The Kier molecular flexibility index (Phi) is 21.8. The van der Waals surface area contributed by atoms with Gasteiger partial charge in [0.2, 0.25) is 0 Å². The minimum atomic E-state index is -4.75. The molecule has 0 aliphatic rings. The number of rotatable bonds is 8. The van der Waals surface area contributed by atoms with Crippen molar-refractivity contribution in [3.63, 3.8) is 0 Å². The van der Waals surface area contributed by atoms with Gasteiger partial charge in [-0.15, -0.1) is 38.7 Å². The first kappa shape index (κ1) is 51.9. The number of aromatic nitrogens is 2. The van der Waals surface area contributed by atoms with E-state index in [0.717, 1.165) is 17.7 Å². The van der Waals surface area contributed by atoms with Crippen LogP contribution in [0.1, 0.15) is 27.9 Å². The molecule has 2 aromatic carbocycles. The first-order chi connectivity index (χ1) is 23.3. The Hall–Kier alpha value is -3.16. The van der Waals surface area contributed by atoms with Gasteiger partial charge in [0.15, 0.2) is 0 Å². The second-order valence-corrected chi connectivity index (χ2v) is 22.0. The SMILES string of the molecule is CCOC.COC(=O)c1cc2ccc(OC(F)(F)F)cc2[nH]1.CON(C)C(=O)c1cc2ccc(OC(F)(F)F)cc2[nH]1.C[Si](C)(C)[N-][Si](C)(C)C.Cl.[Li+]. The van der Waals surface area contributed by atoms with Crippen molar-refractivity contribution in [1.29, 1.82) is 0 Å². The summed E-state index contributed by atoms with van der Waals surface area (Å²) in [5.74, 6) is -1.74. The number of esters is 1. The molecule has 0 aliphatic heterocycles. The number of carbonyl (C=O) groups excluding carboxylic acids is 2. The van der Waals surface area contributed by atoms with E-state index in [4.69, 9.17) is 9.49 Å². The monoisotopic (exact) mass is 810 g/mol. The van der Waals surface area contributed by atoms with Crippen LogP contribution in [-0.4, -0.2) is 91.1 Å². The van der Waals surface area contributed by atoms with Crippen molar-refractivity contribution in [1.82, 2.24) is 15.0 Å². The topological polar surface area (TPSA) is 129 Å². The number of benzene rings is 2. The summed E-state index contributed by atoms with van der Waals surface area (Å²) in [6.07, 6.45) is -9.50. The van der Waals surface area contributed by atoms with Crippen LogP contribution in [0, 0.1) is 0 Å². The van der Waals surface area contributed by atoms with Gasteiger partial charge < -0.3 is 33.6 Å². The van der Waals surface area contributed by atoms with Crippen molar-refractivity contribution >= 4 is 62.6 Å². The van der Waals surface area contributed by atoms with Crippen LogP contribution in [0.2, 0.25) is 39.3 Å². The third kappa shape index (κ3) is 20.8. The van der Waals surface area contributed by atoms with Gasteiger partial charge in [0.25, 0.3) is 5.91 Å². The van der Waals surface area contributed by atoms with Crippen LogP contribution in [0.3, 0.4) is 0 Å². The molecule has 2 aromatic heterocycles. The molecule has 0 saturated carbocycles. The Morgan fingerprint density at radius 3 is 1.42 bits per heavy atom. The number of nitrogens with zero attached hydrogens (tertiary/aromatic N) is 2. The summed E-state index contributed by atoms with van der Waals surface area (Å²) in [4.78, 5) is 33.2. The maximum atomic E-state index is 12.1. The largest absolute Gasteiger partial charge is 1.00 e. The van der Waals surface area contributed by atoms with Crippen LogP contribution in [0.4, 0.5) is 26.3 Å². The van der Waals surface area contributed by atoms with E-state index in [1.807, 2.05) is 6.92 Å². The van der Waals surface area contributed by atoms with Crippen LogP contribution < -0.4 is 28.3 Å². The van der Waals surface area contributed by atoms with E-state index < -0.39 is 41.1 Å². The van der Waals surface area contributed by atoms with Crippen molar-refractivity contribution in [2.24, 2.45) is 0 Å². The van der Waals surface area contributed by atoms with Gasteiger partial charge in [-0.25, -0.2) is 9.86 Å². The van der Waals surface area contributed by atoms with Gasteiger partial charge in [-0.2, -0.15) is 0 Å². The minimum absolute atomic E-state index is 0. The second-order valence-electron chi connectivity index (χ2n) is 12.5. The van der Waals surface area contributed by atoms with Gasteiger partial charge in [-0.05, 0) is 43.3 Å². The number of hydrogen-bond donors (Lipinski definition) is 2. The van der Waals surface area contributed by atoms with Crippen molar-refractivity contribution in [3.05, 3.63) is 64.6 Å². The van der Waals surface area contributed by atoms with Crippen LogP contribution in [0.5, 0.6) is 11.5 Å². The molecule has 11 nitrogen and oxygen atoms in total. The third-order valence-corrected chi connectivity index (χ3v) is 11.2. The summed E-state index contributed by atoms with van der Waals surface area (Å²) in [5.41, 5.74) is 1.09. The summed E-state index contributed by atoms with van der Waals surface area (Å²) < 4.78 is 93.9. The molecule has 2 N–H and O–H groups in total. The average molecular weight is 811 g/mol. The molecule has 294 valence electrons. The van der Waals surface area contributed by atoms with E-state index in [1.165, 1.54) is 63.7 Å². The minimum Gasteiger partial charge on any atom is -0.668 e. The molecule has 0 bridgehead atoms. The summed E-state index contributed by atoms with van der Waals surface area (Å²) in [6, 6.07) is 10.5. The van der Waals surface area contributed by atoms with E-state index in [9.17, 15) is 35.9 Å². The third-order valence-electron chi connectivity index (χ3n) is 5.81. The van der Waals surface area contributed by atoms with Gasteiger partial charge in [-0.3, -0.25) is 9.63 Å².